The van der Waals surface area contributed by atoms with E-state index in [9.17, 15) is 0 Å². The van der Waals surface area contributed by atoms with Crippen LogP contribution in [0.3, 0.4) is 0 Å². The maximum Gasteiger partial charge on any atom is 0.237 e. The SMILES string of the molecule is Cc1ccccc1[Si](O[Si])C(C)C. The molecule has 1 nitrogen and oxygen atoms in total. The summed E-state index contributed by atoms with van der Waals surface area (Å²) < 4.78 is 5.39. The van der Waals surface area contributed by atoms with E-state index in [2.05, 4.69) is 55.5 Å². The summed E-state index contributed by atoms with van der Waals surface area (Å²) in [4.78, 5) is 0. The van der Waals surface area contributed by atoms with E-state index in [1.54, 1.807) is 0 Å². The zero-order valence-corrected chi connectivity index (χ0v) is 10.3. The quantitative estimate of drug-likeness (QED) is 0.684. The first-order valence-electron chi connectivity index (χ1n) is 4.43. The van der Waals surface area contributed by atoms with Gasteiger partial charge in [0, 0.05) is 0 Å². The van der Waals surface area contributed by atoms with Crippen LogP contribution < -0.4 is 5.19 Å². The van der Waals surface area contributed by atoms with Crippen molar-refractivity contribution in [2.45, 2.75) is 26.3 Å². The molecule has 0 amide bonds. The third-order valence-corrected chi connectivity index (χ3v) is 5.07. The van der Waals surface area contributed by atoms with Gasteiger partial charge in [0.15, 0.2) is 0 Å². The molecule has 3 heteroatoms. The first-order valence-corrected chi connectivity index (χ1v) is 6.32. The van der Waals surface area contributed by atoms with E-state index < -0.39 is 9.04 Å². The second-order valence-corrected chi connectivity index (χ2v) is 6.67. The molecule has 0 heterocycles. The van der Waals surface area contributed by atoms with Gasteiger partial charge in [-0.1, -0.05) is 38.1 Å². The molecular formula is C10H14OSi2. The number of hydrogen-bond acceptors (Lipinski definition) is 1. The molecular weight excluding hydrogens is 192 g/mol. The second-order valence-electron chi connectivity index (χ2n) is 3.44. The molecule has 0 fully saturated rings. The van der Waals surface area contributed by atoms with E-state index in [0.29, 0.717) is 5.54 Å². The maximum absolute atomic E-state index is 5.39. The lowest BCUT2D eigenvalue weighted by molar-refractivity contribution is 0.626. The van der Waals surface area contributed by atoms with Crippen LogP contribution in [0.2, 0.25) is 5.54 Å². The van der Waals surface area contributed by atoms with Crippen LogP contribution in [0, 0.1) is 6.92 Å². The molecule has 0 atom stereocenters. The molecule has 0 saturated carbocycles. The van der Waals surface area contributed by atoms with Crippen molar-refractivity contribution in [2.24, 2.45) is 0 Å². The molecule has 0 bridgehead atoms. The molecule has 0 aromatic heterocycles. The Hall–Kier alpha value is -0.386. The fourth-order valence-corrected chi connectivity index (χ4v) is 4.07. The zero-order valence-electron chi connectivity index (χ0n) is 8.29. The van der Waals surface area contributed by atoms with Gasteiger partial charge < -0.3 is 4.12 Å². The van der Waals surface area contributed by atoms with Crippen LogP contribution in [-0.2, 0) is 4.12 Å². The molecule has 1 rings (SSSR count). The molecule has 68 valence electrons. The van der Waals surface area contributed by atoms with Crippen LogP contribution in [0.15, 0.2) is 24.3 Å². The summed E-state index contributed by atoms with van der Waals surface area (Å²) in [5.74, 6) is 0. The monoisotopic (exact) mass is 206 g/mol. The van der Waals surface area contributed by atoms with Crippen molar-refractivity contribution >= 4 is 24.7 Å². The van der Waals surface area contributed by atoms with E-state index in [1.165, 1.54) is 10.8 Å². The summed E-state index contributed by atoms with van der Waals surface area (Å²) in [6.45, 7) is 6.52. The molecule has 4 radical (unpaired) electrons. The summed E-state index contributed by atoms with van der Waals surface area (Å²) in [6.07, 6.45) is 0. The minimum Gasteiger partial charge on any atom is -0.453 e. The lowest BCUT2D eigenvalue weighted by Gasteiger charge is -2.18. The average molecular weight is 206 g/mol. The smallest absolute Gasteiger partial charge is 0.237 e. The fraction of sp³-hybridized carbons (Fsp3) is 0.400. The van der Waals surface area contributed by atoms with Crippen LogP contribution in [0.1, 0.15) is 19.4 Å². The van der Waals surface area contributed by atoms with Gasteiger partial charge >= 0.3 is 0 Å². The minimum absolute atomic E-state index is 0.573. The highest BCUT2D eigenvalue weighted by atomic mass is 28.3. The number of hydrogen-bond donors (Lipinski definition) is 0. The Morgan fingerprint density at radius 1 is 1.31 bits per heavy atom. The van der Waals surface area contributed by atoms with Gasteiger partial charge in [0.1, 0.15) is 0 Å². The first-order chi connectivity index (χ1) is 6.16. The Labute approximate surface area is 85.4 Å². The highest BCUT2D eigenvalue weighted by Crippen LogP contribution is 2.09. The van der Waals surface area contributed by atoms with Gasteiger partial charge in [-0.3, -0.25) is 0 Å². The van der Waals surface area contributed by atoms with Gasteiger partial charge in [-0.05, 0) is 23.2 Å². The summed E-state index contributed by atoms with van der Waals surface area (Å²) >= 11 is 0. The Balaban J connectivity index is 2.97. The number of aryl methyl sites for hydroxylation is 1. The molecule has 1 aromatic rings. The van der Waals surface area contributed by atoms with Crippen LogP contribution in [0.4, 0.5) is 0 Å². The molecule has 0 aliphatic carbocycles. The lowest BCUT2D eigenvalue weighted by Crippen LogP contribution is -2.37. The largest absolute Gasteiger partial charge is 0.453 e. The normalized spacial score (nSPS) is 11.2. The molecule has 0 aliphatic heterocycles. The van der Waals surface area contributed by atoms with E-state index in [4.69, 9.17) is 4.12 Å². The Bertz CT molecular complexity index is 273. The van der Waals surface area contributed by atoms with E-state index in [0.717, 1.165) is 0 Å². The number of benzene rings is 1. The Morgan fingerprint density at radius 2 is 1.92 bits per heavy atom. The van der Waals surface area contributed by atoms with Crippen molar-refractivity contribution in [3.05, 3.63) is 29.8 Å². The minimum atomic E-state index is -0.895. The summed E-state index contributed by atoms with van der Waals surface area (Å²) in [7, 11) is 2.29. The average Bonchev–Trinajstić information content (AvgIpc) is 2.09. The van der Waals surface area contributed by atoms with Crippen molar-refractivity contribution in [2.75, 3.05) is 0 Å². The van der Waals surface area contributed by atoms with Gasteiger partial charge in [0.05, 0.1) is 0 Å². The van der Waals surface area contributed by atoms with Crippen LogP contribution in [-0.4, -0.2) is 19.5 Å². The van der Waals surface area contributed by atoms with Crippen LogP contribution in [0.5, 0.6) is 0 Å². The highest BCUT2D eigenvalue weighted by Gasteiger charge is 2.19. The van der Waals surface area contributed by atoms with Crippen molar-refractivity contribution in [1.29, 1.82) is 0 Å². The van der Waals surface area contributed by atoms with Gasteiger partial charge in [-0.2, -0.15) is 0 Å². The molecule has 0 aliphatic rings. The fourth-order valence-electron chi connectivity index (χ4n) is 1.33. The van der Waals surface area contributed by atoms with Gasteiger partial charge in [0.2, 0.25) is 19.5 Å². The van der Waals surface area contributed by atoms with Crippen molar-refractivity contribution in [1.82, 2.24) is 0 Å². The highest BCUT2D eigenvalue weighted by molar-refractivity contribution is 6.71. The maximum atomic E-state index is 5.39. The summed E-state index contributed by atoms with van der Waals surface area (Å²) in [6, 6.07) is 8.42. The first kappa shape index (κ1) is 10.7. The molecule has 0 unspecified atom stereocenters. The molecule has 0 saturated heterocycles. The summed E-state index contributed by atoms with van der Waals surface area (Å²) in [5.41, 5.74) is 1.90. The van der Waals surface area contributed by atoms with E-state index >= 15 is 0 Å². The van der Waals surface area contributed by atoms with Crippen LogP contribution in [0.25, 0.3) is 0 Å². The molecule has 1 aromatic carbocycles. The van der Waals surface area contributed by atoms with Gasteiger partial charge in [0.25, 0.3) is 0 Å². The lowest BCUT2D eigenvalue weighted by atomic mass is 10.2. The summed E-state index contributed by atoms with van der Waals surface area (Å²) in [5, 5.41) is 1.36. The Morgan fingerprint density at radius 3 is 2.38 bits per heavy atom. The van der Waals surface area contributed by atoms with Crippen molar-refractivity contribution < 1.29 is 4.12 Å². The molecule has 0 N–H and O–H groups in total. The molecule has 13 heavy (non-hydrogen) atoms. The van der Waals surface area contributed by atoms with E-state index in [-0.39, 0.29) is 0 Å². The zero-order chi connectivity index (χ0) is 9.84. The standard InChI is InChI=1S/C10H14OSi2/c1-8(2)13(11-12)10-7-5-4-6-9(10)3/h4-8H,1-3H3. The van der Waals surface area contributed by atoms with Gasteiger partial charge in [-0.25, -0.2) is 0 Å². The van der Waals surface area contributed by atoms with E-state index in [1.807, 2.05) is 0 Å². The predicted octanol–water partition coefficient (Wildman–Crippen LogP) is 1.70. The predicted molar refractivity (Wildman–Crippen MR) is 58.5 cm³/mol. The second kappa shape index (κ2) is 4.74. The number of rotatable bonds is 3. The van der Waals surface area contributed by atoms with Crippen molar-refractivity contribution in [3.8, 4) is 0 Å². The molecule has 0 spiro atoms. The van der Waals surface area contributed by atoms with Crippen LogP contribution >= 0.6 is 0 Å². The third kappa shape index (κ3) is 2.53. The van der Waals surface area contributed by atoms with Gasteiger partial charge in [-0.15, -0.1) is 0 Å². The van der Waals surface area contributed by atoms with Crippen molar-refractivity contribution in [3.63, 3.8) is 0 Å². The third-order valence-electron chi connectivity index (χ3n) is 2.04. The topological polar surface area (TPSA) is 9.23 Å². The Kier molecular flexibility index (Phi) is 3.90.